The van der Waals surface area contributed by atoms with Crippen LogP contribution in [0.1, 0.15) is 52.4 Å². The van der Waals surface area contributed by atoms with Crippen LogP contribution in [0.2, 0.25) is 5.82 Å². The van der Waals surface area contributed by atoms with Gasteiger partial charge in [0.1, 0.15) is 5.78 Å². The lowest BCUT2D eigenvalue weighted by Gasteiger charge is -2.42. The van der Waals surface area contributed by atoms with E-state index in [2.05, 4.69) is 0 Å². The van der Waals surface area contributed by atoms with E-state index in [1.807, 2.05) is 13.8 Å². The molecule has 7 aliphatic rings. The minimum atomic E-state index is -0.507. The Morgan fingerprint density at radius 1 is 0.758 bits per heavy atom. The zero-order valence-electron chi connectivity index (χ0n) is 19.6. The van der Waals surface area contributed by atoms with Gasteiger partial charge in [-0.2, -0.15) is 0 Å². The molecule has 2 heterocycles. The van der Waals surface area contributed by atoms with Crippen LogP contribution in [0.15, 0.2) is 0 Å². The number of likely N-dealkylation sites (tertiary alicyclic amines) is 1. The van der Waals surface area contributed by atoms with Crippen molar-refractivity contribution in [3.05, 3.63) is 0 Å². The molecule has 10 unspecified atom stereocenters. The highest BCUT2D eigenvalue weighted by molar-refractivity contribution is 6.45. The lowest BCUT2D eigenvalue weighted by molar-refractivity contribution is -0.145. The Kier molecular flexibility index (Phi) is 3.69. The third kappa shape index (κ3) is 2.06. The molecule has 10 atom stereocenters. The topological polar surface area (TPSA) is 91.8 Å². The van der Waals surface area contributed by atoms with Gasteiger partial charge in [0.05, 0.1) is 23.7 Å². The number of hydrogen-bond donors (Lipinski definition) is 0. The molecule has 0 aromatic carbocycles. The molecule has 0 N–H and O–H groups in total. The van der Waals surface area contributed by atoms with Crippen molar-refractivity contribution in [1.29, 1.82) is 0 Å². The molecule has 4 amide bonds. The molecule has 2 spiro atoms. The van der Waals surface area contributed by atoms with E-state index in [1.165, 1.54) is 9.71 Å². The average molecular weight is 450 g/mol. The van der Waals surface area contributed by atoms with E-state index in [-0.39, 0.29) is 82.6 Å². The fraction of sp³-hybridized carbons (Fsp3) is 0.800. The molecule has 0 radical (unpaired) electrons. The predicted molar refractivity (Wildman–Crippen MR) is 117 cm³/mol. The van der Waals surface area contributed by atoms with Crippen molar-refractivity contribution in [1.82, 2.24) is 9.71 Å². The first-order valence-electron chi connectivity index (χ1n) is 12.8. The summed E-state index contributed by atoms with van der Waals surface area (Å²) < 4.78 is 0. The maximum atomic E-state index is 14.4. The van der Waals surface area contributed by atoms with Gasteiger partial charge in [-0.1, -0.05) is 19.7 Å². The monoisotopic (exact) mass is 450 g/mol. The number of carbonyl (C=O) groups excluding carboxylic acids is 5. The Morgan fingerprint density at radius 3 is 1.76 bits per heavy atom. The first-order valence-corrected chi connectivity index (χ1v) is 12.8. The summed E-state index contributed by atoms with van der Waals surface area (Å²) in [6, 6.07) is 0. The van der Waals surface area contributed by atoms with Crippen LogP contribution in [0.4, 0.5) is 0 Å². The molecule has 174 valence electrons. The van der Waals surface area contributed by atoms with E-state index in [0.29, 0.717) is 7.41 Å². The standard InChI is InChI=1S/C25H31BN2O5/c1-10(2)26-28-21(31)16-12-7-14(18(16)22(28)32)25(9-12)5-4-24(23(25)33)8-11-6-13(24)17-15(11)19(29)27(3)20(17)30/h10-18,26H,4-9H2,1-3H3. The number of carbonyl (C=O) groups is 5. The smallest absolute Gasteiger partial charge is 0.252 e. The molecule has 7 nitrogen and oxygen atoms in total. The maximum absolute atomic E-state index is 14.4. The van der Waals surface area contributed by atoms with Crippen LogP contribution >= 0.6 is 0 Å². The second kappa shape index (κ2) is 5.98. The molecule has 5 aliphatic carbocycles. The van der Waals surface area contributed by atoms with Crippen molar-refractivity contribution >= 4 is 36.8 Å². The van der Waals surface area contributed by atoms with Crippen molar-refractivity contribution in [2.75, 3.05) is 7.05 Å². The Morgan fingerprint density at radius 2 is 1.21 bits per heavy atom. The first-order chi connectivity index (χ1) is 15.6. The van der Waals surface area contributed by atoms with Gasteiger partial charge in [-0.05, 0) is 62.2 Å². The lowest BCUT2D eigenvalue weighted by Crippen LogP contribution is -2.48. The predicted octanol–water partition coefficient (Wildman–Crippen LogP) is 1.41. The highest BCUT2D eigenvalue weighted by Crippen LogP contribution is 2.75. The summed E-state index contributed by atoms with van der Waals surface area (Å²) in [7, 11) is 2.04. The first kappa shape index (κ1) is 20.4. The highest BCUT2D eigenvalue weighted by Gasteiger charge is 2.78. The van der Waals surface area contributed by atoms with Gasteiger partial charge in [0.2, 0.25) is 23.6 Å². The number of ketones is 1. The molecular weight excluding hydrogens is 419 g/mol. The quantitative estimate of drug-likeness (QED) is 0.469. The van der Waals surface area contributed by atoms with Gasteiger partial charge in [-0.3, -0.25) is 28.9 Å². The second-order valence-electron chi connectivity index (χ2n) is 12.8. The minimum absolute atomic E-state index is 0.0120. The van der Waals surface area contributed by atoms with Crippen molar-refractivity contribution in [3.63, 3.8) is 0 Å². The van der Waals surface area contributed by atoms with Gasteiger partial charge in [0, 0.05) is 17.9 Å². The van der Waals surface area contributed by atoms with Crippen LogP contribution in [0.25, 0.3) is 0 Å². The molecular formula is C25H31BN2O5. The van der Waals surface area contributed by atoms with E-state index in [9.17, 15) is 24.0 Å². The minimum Gasteiger partial charge on any atom is -0.332 e. The van der Waals surface area contributed by atoms with Crippen molar-refractivity contribution in [2.45, 2.75) is 58.2 Å². The Balaban J connectivity index is 1.21. The second-order valence-corrected chi connectivity index (χ2v) is 12.8. The Labute approximate surface area is 194 Å². The van der Waals surface area contributed by atoms with Gasteiger partial charge in [-0.15, -0.1) is 0 Å². The third-order valence-corrected chi connectivity index (χ3v) is 11.2. The van der Waals surface area contributed by atoms with Crippen LogP contribution in [-0.2, 0) is 24.0 Å². The maximum Gasteiger partial charge on any atom is 0.252 e. The summed E-state index contributed by atoms with van der Waals surface area (Å²) in [6.45, 7) is 4.04. The van der Waals surface area contributed by atoms with E-state index >= 15 is 0 Å². The van der Waals surface area contributed by atoms with Gasteiger partial charge in [0.15, 0.2) is 0 Å². The van der Waals surface area contributed by atoms with Crippen LogP contribution < -0.4 is 0 Å². The number of rotatable bonds is 2. The van der Waals surface area contributed by atoms with E-state index in [4.69, 9.17) is 0 Å². The molecule has 0 aromatic heterocycles. The van der Waals surface area contributed by atoms with Crippen molar-refractivity contribution in [2.24, 2.45) is 58.2 Å². The fourth-order valence-corrected chi connectivity index (χ4v) is 10.3. The summed E-state index contributed by atoms with van der Waals surface area (Å²) in [6.07, 6.45) is 4.63. The molecule has 4 bridgehead atoms. The normalized spacial score (nSPS) is 51.5. The Bertz CT molecular complexity index is 1060. The average Bonchev–Trinajstić information content (AvgIpc) is 3.61. The number of imide groups is 2. The molecule has 2 aliphatic heterocycles. The zero-order valence-corrected chi connectivity index (χ0v) is 19.6. The van der Waals surface area contributed by atoms with Gasteiger partial charge >= 0.3 is 0 Å². The summed E-state index contributed by atoms with van der Waals surface area (Å²) in [4.78, 5) is 69.3. The summed E-state index contributed by atoms with van der Waals surface area (Å²) in [5.41, 5.74) is -1.01. The van der Waals surface area contributed by atoms with Crippen LogP contribution in [0, 0.1) is 58.2 Å². The number of fused-ring (bicyclic) bond motifs is 12. The van der Waals surface area contributed by atoms with E-state index in [0.717, 1.165) is 38.5 Å². The lowest BCUT2D eigenvalue weighted by atomic mass is 9.58. The molecule has 2 saturated heterocycles. The van der Waals surface area contributed by atoms with Gasteiger partial charge in [-0.25, -0.2) is 0 Å². The summed E-state index contributed by atoms with van der Waals surface area (Å²) >= 11 is 0. The summed E-state index contributed by atoms with van der Waals surface area (Å²) in [5.74, 6) is -0.653. The zero-order chi connectivity index (χ0) is 23.2. The van der Waals surface area contributed by atoms with Crippen LogP contribution in [-0.4, -0.2) is 53.6 Å². The van der Waals surface area contributed by atoms with E-state index < -0.39 is 10.8 Å². The van der Waals surface area contributed by atoms with Gasteiger partial charge in [0.25, 0.3) is 7.41 Å². The number of amides is 4. The molecule has 0 aromatic rings. The third-order valence-electron chi connectivity index (χ3n) is 11.2. The SMILES string of the molecule is CC(C)BN1C(=O)C2C3CC(C2C1=O)C1(CCC2(CC4CC2C2C(=O)N(C)C(=O)C42)C1=O)C3. The van der Waals surface area contributed by atoms with Crippen LogP contribution in [0.5, 0.6) is 0 Å². The molecule has 8 heteroatoms. The Hall–Kier alpha value is -1.99. The number of hydrogen-bond acceptors (Lipinski definition) is 5. The molecule has 5 saturated carbocycles. The highest BCUT2D eigenvalue weighted by atomic mass is 16.2. The van der Waals surface area contributed by atoms with Crippen LogP contribution in [0.3, 0.4) is 0 Å². The number of nitrogens with zero attached hydrogens (tertiary/aromatic N) is 2. The molecule has 7 rings (SSSR count). The van der Waals surface area contributed by atoms with Crippen molar-refractivity contribution < 1.29 is 24.0 Å². The largest absolute Gasteiger partial charge is 0.332 e. The summed E-state index contributed by atoms with van der Waals surface area (Å²) in [5, 5.41) is 0. The number of Topliss-reactive ketones (excluding diaryl/α,β-unsaturated/α-hetero) is 1. The molecule has 7 fully saturated rings. The van der Waals surface area contributed by atoms with Crippen molar-refractivity contribution in [3.8, 4) is 0 Å². The van der Waals surface area contributed by atoms with E-state index in [1.54, 1.807) is 7.05 Å². The fourth-order valence-electron chi connectivity index (χ4n) is 10.3. The van der Waals surface area contributed by atoms with Gasteiger partial charge < -0.3 is 4.81 Å². The molecule has 33 heavy (non-hydrogen) atoms.